The highest BCUT2D eigenvalue weighted by molar-refractivity contribution is 6.02. The summed E-state index contributed by atoms with van der Waals surface area (Å²) in [5, 5.41) is 2.90. The number of benzene rings is 1. The second-order valence-electron chi connectivity index (χ2n) is 6.87. The number of aromatic nitrogens is 2. The van der Waals surface area contributed by atoms with E-state index in [1.54, 1.807) is 6.92 Å². The van der Waals surface area contributed by atoms with E-state index in [2.05, 4.69) is 51.4 Å². The minimum Gasteiger partial charge on any atom is -0.461 e. The smallest absolute Gasteiger partial charge is 0.357 e. The Kier molecular flexibility index (Phi) is 6.24. The first-order valence-corrected chi connectivity index (χ1v) is 9.34. The highest BCUT2D eigenvalue weighted by atomic mass is 16.5. The monoisotopic (exact) mass is 370 g/mol. The second kappa shape index (κ2) is 8.81. The van der Waals surface area contributed by atoms with Crippen LogP contribution in [0.15, 0.2) is 30.6 Å². The van der Waals surface area contributed by atoms with Crippen molar-refractivity contribution in [3.05, 3.63) is 53.1 Å². The third-order valence-corrected chi connectivity index (χ3v) is 4.91. The fourth-order valence-electron chi connectivity index (χ4n) is 3.40. The number of imidazole rings is 1. The van der Waals surface area contributed by atoms with Crippen LogP contribution in [0.4, 0.5) is 0 Å². The van der Waals surface area contributed by atoms with Gasteiger partial charge in [0.05, 0.1) is 12.9 Å². The number of nitrogens with one attached hydrogen (secondary N) is 2. The van der Waals surface area contributed by atoms with Gasteiger partial charge in [0.1, 0.15) is 0 Å². The van der Waals surface area contributed by atoms with Crippen molar-refractivity contribution in [1.82, 2.24) is 20.2 Å². The molecule has 0 radical (unpaired) electrons. The molecule has 2 aromatic rings. The third kappa shape index (κ3) is 4.74. The number of likely N-dealkylation sites (tertiary alicyclic amines) is 1. The number of carbonyl (C=O) groups is 2. The lowest BCUT2D eigenvalue weighted by Gasteiger charge is -2.17. The highest BCUT2D eigenvalue weighted by Gasteiger charge is 2.25. The van der Waals surface area contributed by atoms with Crippen LogP contribution in [0.3, 0.4) is 0 Å². The minimum atomic E-state index is -0.564. The maximum atomic E-state index is 12.4. The summed E-state index contributed by atoms with van der Waals surface area (Å²) in [6.07, 6.45) is 2.37. The Morgan fingerprint density at radius 2 is 2.19 bits per heavy atom. The Morgan fingerprint density at radius 1 is 1.37 bits per heavy atom. The van der Waals surface area contributed by atoms with Crippen LogP contribution in [0.5, 0.6) is 0 Å². The lowest BCUT2D eigenvalue weighted by atomic mass is 10.1. The van der Waals surface area contributed by atoms with Gasteiger partial charge in [-0.3, -0.25) is 9.69 Å². The van der Waals surface area contributed by atoms with Crippen LogP contribution in [0.25, 0.3) is 0 Å². The van der Waals surface area contributed by atoms with Crippen molar-refractivity contribution in [2.24, 2.45) is 5.92 Å². The number of aryl methyl sites for hydroxylation is 1. The highest BCUT2D eigenvalue weighted by Crippen LogP contribution is 2.19. The number of hydrogen-bond acceptors (Lipinski definition) is 5. The van der Waals surface area contributed by atoms with Crippen molar-refractivity contribution in [2.75, 3.05) is 26.2 Å². The number of rotatable bonds is 7. The molecule has 7 heteroatoms. The largest absolute Gasteiger partial charge is 0.461 e. The molecule has 1 fully saturated rings. The fraction of sp³-hybridized carbons (Fsp3) is 0.450. The average Bonchev–Trinajstić information content (AvgIpc) is 3.31. The number of aromatic amines is 1. The van der Waals surface area contributed by atoms with Gasteiger partial charge < -0.3 is 15.0 Å². The summed E-state index contributed by atoms with van der Waals surface area (Å²) in [7, 11) is 0. The predicted octanol–water partition coefficient (Wildman–Crippen LogP) is 2.15. The first-order valence-electron chi connectivity index (χ1n) is 9.34. The van der Waals surface area contributed by atoms with Crippen molar-refractivity contribution in [3.8, 4) is 0 Å². The number of carbonyl (C=O) groups excluding carboxylic acids is 2. The Bertz CT molecular complexity index is 802. The number of ether oxygens (including phenoxy) is 1. The summed E-state index contributed by atoms with van der Waals surface area (Å²) in [5.41, 5.74) is 2.84. The molecule has 0 bridgehead atoms. The molecule has 1 saturated heterocycles. The topological polar surface area (TPSA) is 87.3 Å². The molecule has 1 aliphatic heterocycles. The zero-order valence-electron chi connectivity index (χ0n) is 15.8. The van der Waals surface area contributed by atoms with Gasteiger partial charge in [-0.25, -0.2) is 9.78 Å². The Labute approximate surface area is 159 Å². The van der Waals surface area contributed by atoms with Crippen molar-refractivity contribution >= 4 is 11.9 Å². The van der Waals surface area contributed by atoms with Crippen LogP contribution in [0.1, 0.15) is 45.4 Å². The van der Waals surface area contributed by atoms with Crippen molar-refractivity contribution in [2.45, 2.75) is 26.8 Å². The predicted molar refractivity (Wildman–Crippen MR) is 101 cm³/mol. The van der Waals surface area contributed by atoms with Crippen LogP contribution >= 0.6 is 0 Å². The van der Waals surface area contributed by atoms with Gasteiger partial charge in [-0.2, -0.15) is 0 Å². The van der Waals surface area contributed by atoms with Crippen LogP contribution in [0, 0.1) is 12.8 Å². The Morgan fingerprint density at radius 3 is 2.96 bits per heavy atom. The first kappa shape index (κ1) is 19.1. The molecular formula is C20H26N4O3. The normalized spacial score (nSPS) is 17.0. The van der Waals surface area contributed by atoms with E-state index < -0.39 is 5.97 Å². The molecule has 1 aromatic heterocycles. The lowest BCUT2D eigenvalue weighted by Crippen LogP contribution is -2.32. The molecule has 3 rings (SSSR count). The van der Waals surface area contributed by atoms with Gasteiger partial charge in [-0.15, -0.1) is 0 Å². The van der Waals surface area contributed by atoms with Crippen molar-refractivity contribution in [3.63, 3.8) is 0 Å². The van der Waals surface area contributed by atoms with E-state index in [9.17, 15) is 9.59 Å². The number of amides is 1. The minimum absolute atomic E-state index is 0.0863. The van der Waals surface area contributed by atoms with Gasteiger partial charge in [0.15, 0.2) is 11.4 Å². The molecule has 27 heavy (non-hydrogen) atoms. The zero-order chi connectivity index (χ0) is 19.2. The molecule has 2 heterocycles. The van der Waals surface area contributed by atoms with E-state index in [4.69, 9.17) is 4.74 Å². The maximum Gasteiger partial charge on any atom is 0.357 e. The first-order chi connectivity index (χ1) is 13.1. The third-order valence-electron chi connectivity index (χ3n) is 4.91. The molecular weight excluding hydrogens is 344 g/mol. The van der Waals surface area contributed by atoms with Gasteiger partial charge in [0.25, 0.3) is 5.91 Å². The molecule has 0 aliphatic carbocycles. The molecule has 0 spiro atoms. The van der Waals surface area contributed by atoms with E-state index >= 15 is 0 Å². The zero-order valence-corrected chi connectivity index (χ0v) is 15.8. The van der Waals surface area contributed by atoms with E-state index in [1.165, 1.54) is 17.5 Å². The van der Waals surface area contributed by atoms with Crippen LogP contribution in [-0.2, 0) is 11.3 Å². The quantitative estimate of drug-likeness (QED) is 0.729. The summed E-state index contributed by atoms with van der Waals surface area (Å²) in [6.45, 7) is 7.57. The number of nitrogens with zero attached hydrogens (tertiary/aromatic N) is 2. The average molecular weight is 370 g/mol. The molecule has 1 atom stereocenters. The van der Waals surface area contributed by atoms with E-state index in [-0.39, 0.29) is 23.9 Å². The Balaban J connectivity index is 1.50. The standard InChI is InChI=1S/C20H26N4O3/c1-3-27-20(26)18-17(22-13-23-18)19(25)21-10-15-8-9-24(11-15)12-16-7-5-4-6-14(16)2/h4-7,13,15H,3,8-12H2,1-2H3,(H,21,25)(H,22,23)/t15-/m0/s1. The van der Waals surface area contributed by atoms with Crippen LogP contribution in [-0.4, -0.2) is 53.0 Å². The van der Waals surface area contributed by atoms with Crippen LogP contribution in [0.2, 0.25) is 0 Å². The Hall–Kier alpha value is -2.67. The van der Waals surface area contributed by atoms with Crippen LogP contribution < -0.4 is 5.32 Å². The van der Waals surface area contributed by atoms with Gasteiger partial charge in [-0.1, -0.05) is 24.3 Å². The van der Waals surface area contributed by atoms with Crippen molar-refractivity contribution in [1.29, 1.82) is 0 Å². The summed E-state index contributed by atoms with van der Waals surface area (Å²) in [6, 6.07) is 8.43. The summed E-state index contributed by atoms with van der Waals surface area (Å²) >= 11 is 0. The molecule has 7 nitrogen and oxygen atoms in total. The SMILES string of the molecule is CCOC(=O)c1[nH]cnc1C(=O)NC[C@@H]1CCN(Cc2ccccc2C)C1. The summed E-state index contributed by atoms with van der Waals surface area (Å²) in [4.78, 5) is 33.3. The van der Waals surface area contributed by atoms with Crippen molar-refractivity contribution < 1.29 is 14.3 Å². The van der Waals surface area contributed by atoms with Gasteiger partial charge >= 0.3 is 5.97 Å². The fourth-order valence-corrected chi connectivity index (χ4v) is 3.40. The molecule has 0 unspecified atom stereocenters. The van der Waals surface area contributed by atoms with Gasteiger partial charge in [0.2, 0.25) is 0 Å². The lowest BCUT2D eigenvalue weighted by molar-refractivity contribution is 0.0516. The molecule has 144 valence electrons. The molecule has 2 N–H and O–H groups in total. The summed E-state index contributed by atoms with van der Waals surface area (Å²) in [5.74, 6) is -0.523. The molecule has 1 amide bonds. The van der Waals surface area contributed by atoms with Gasteiger partial charge in [0, 0.05) is 19.6 Å². The van der Waals surface area contributed by atoms with E-state index in [1.807, 2.05) is 0 Å². The van der Waals surface area contributed by atoms with E-state index in [0.717, 1.165) is 26.1 Å². The number of hydrogen-bond donors (Lipinski definition) is 2. The molecule has 1 aromatic carbocycles. The molecule has 1 aliphatic rings. The molecule has 0 saturated carbocycles. The number of H-pyrrole nitrogens is 1. The van der Waals surface area contributed by atoms with E-state index in [0.29, 0.717) is 12.5 Å². The van der Waals surface area contributed by atoms with Gasteiger partial charge in [-0.05, 0) is 43.9 Å². The maximum absolute atomic E-state index is 12.4. The second-order valence-corrected chi connectivity index (χ2v) is 6.87. The number of esters is 1. The summed E-state index contributed by atoms with van der Waals surface area (Å²) < 4.78 is 4.94.